The number of aromatic amines is 1. The monoisotopic (exact) mass is 244 g/mol. The number of hydrogen-bond acceptors (Lipinski definition) is 1. The van der Waals surface area contributed by atoms with Gasteiger partial charge in [0.05, 0.1) is 0 Å². The highest BCUT2D eigenvalue weighted by atomic mass is 16.2. The molecule has 1 aromatic carbocycles. The van der Waals surface area contributed by atoms with Gasteiger partial charge in [-0.2, -0.15) is 0 Å². The Labute approximate surface area is 108 Å². The van der Waals surface area contributed by atoms with E-state index < -0.39 is 0 Å². The van der Waals surface area contributed by atoms with Crippen LogP contribution >= 0.6 is 0 Å². The van der Waals surface area contributed by atoms with Gasteiger partial charge < -0.3 is 9.88 Å². The third-order valence-electron chi connectivity index (χ3n) is 3.57. The zero-order valence-corrected chi connectivity index (χ0v) is 11.2. The average molecular weight is 244 g/mol. The lowest BCUT2D eigenvalue weighted by molar-refractivity contribution is 0.0718. The molecule has 18 heavy (non-hydrogen) atoms. The predicted octanol–water partition coefficient (Wildman–Crippen LogP) is 3.43. The standard InChI is InChI=1S/C15H20N2O/c1-4-12(5-2)17(3)15(18)14-10-11-8-6-7-9-13(11)16-14/h6-10,12,16H,4-5H2,1-3H3. The highest BCUT2D eigenvalue weighted by molar-refractivity contribution is 5.98. The van der Waals surface area contributed by atoms with Crippen molar-refractivity contribution in [3.63, 3.8) is 0 Å². The maximum atomic E-state index is 12.4. The molecule has 0 saturated carbocycles. The lowest BCUT2D eigenvalue weighted by atomic mass is 10.1. The Morgan fingerprint density at radius 1 is 1.28 bits per heavy atom. The first-order valence-corrected chi connectivity index (χ1v) is 6.52. The van der Waals surface area contributed by atoms with E-state index >= 15 is 0 Å². The molecule has 96 valence electrons. The number of fused-ring (bicyclic) bond motifs is 1. The Hall–Kier alpha value is -1.77. The van der Waals surface area contributed by atoms with Gasteiger partial charge in [0.1, 0.15) is 5.69 Å². The molecule has 1 aromatic heterocycles. The molecule has 0 bridgehead atoms. The largest absolute Gasteiger partial charge is 0.351 e. The number of nitrogens with zero attached hydrogens (tertiary/aromatic N) is 1. The second kappa shape index (κ2) is 5.25. The van der Waals surface area contributed by atoms with Gasteiger partial charge in [-0.05, 0) is 25.0 Å². The van der Waals surface area contributed by atoms with Crippen molar-refractivity contribution in [2.75, 3.05) is 7.05 Å². The minimum atomic E-state index is 0.0694. The summed E-state index contributed by atoms with van der Waals surface area (Å²) in [7, 11) is 1.88. The molecule has 0 atom stereocenters. The number of para-hydroxylation sites is 1. The van der Waals surface area contributed by atoms with Crippen molar-refractivity contribution in [3.8, 4) is 0 Å². The van der Waals surface area contributed by atoms with Crippen LogP contribution in [-0.2, 0) is 0 Å². The van der Waals surface area contributed by atoms with Crippen molar-refractivity contribution in [1.82, 2.24) is 9.88 Å². The van der Waals surface area contributed by atoms with Crippen LogP contribution in [0.1, 0.15) is 37.2 Å². The van der Waals surface area contributed by atoms with Gasteiger partial charge in [0.25, 0.3) is 5.91 Å². The molecule has 1 amide bonds. The zero-order chi connectivity index (χ0) is 13.1. The number of rotatable bonds is 4. The van der Waals surface area contributed by atoms with E-state index in [2.05, 4.69) is 18.8 Å². The lowest BCUT2D eigenvalue weighted by Gasteiger charge is -2.25. The highest BCUT2D eigenvalue weighted by Gasteiger charge is 2.19. The third-order valence-corrected chi connectivity index (χ3v) is 3.57. The van der Waals surface area contributed by atoms with Gasteiger partial charge in [0.15, 0.2) is 0 Å². The summed E-state index contributed by atoms with van der Waals surface area (Å²) in [6, 6.07) is 10.2. The van der Waals surface area contributed by atoms with Crippen LogP contribution in [0.15, 0.2) is 30.3 Å². The number of carbonyl (C=O) groups excluding carboxylic acids is 1. The summed E-state index contributed by atoms with van der Waals surface area (Å²) in [5.74, 6) is 0.0694. The van der Waals surface area contributed by atoms with Gasteiger partial charge in [-0.25, -0.2) is 0 Å². The fourth-order valence-electron chi connectivity index (χ4n) is 2.38. The lowest BCUT2D eigenvalue weighted by Crippen LogP contribution is -2.36. The van der Waals surface area contributed by atoms with Crippen molar-refractivity contribution in [2.45, 2.75) is 32.7 Å². The highest BCUT2D eigenvalue weighted by Crippen LogP contribution is 2.17. The minimum absolute atomic E-state index is 0.0694. The van der Waals surface area contributed by atoms with E-state index in [4.69, 9.17) is 0 Å². The smallest absolute Gasteiger partial charge is 0.270 e. The topological polar surface area (TPSA) is 36.1 Å². The summed E-state index contributed by atoms with van der Waals surface area (Å²) in [6.07, 6.45) is 1.97. The zero-order valence-electron chi connectivity index (χ0n) is 11.2. The molecular formula is C15H20N2O. The number of amides is 1. The summed E-state index contributed by atoms with van der Waals surface area (Å²) in [5, 5.41) is 1.08. The van der Waals surface area contributed by atoms with Gasteiger partial charge in [-0.15, -0.1) is 0 Å². The molecule has 2 aromatic rings. The first kappa shape index (κ1) is 12.7. The van der Waals surface area contributed by atoms with Crippen molar-refractivity contribution in [3.05, 3.63) is 36.0 Å². The molecule has 2 rings (SSSR count). The molecule has 0 radical (unpaired) electrons. The van der Waals surface area contributed by atoms with E-state index in [9.17, 15) is 4.79 Å². The second-order valence-corrected chi connectivity index (χ2v) is 4.66. The molecule has 0 aliphatic heterocycles. The molecule has 0 spiro atoms. The van der Waals surface area contributed by atoms with Crippen molar-refractivity contribution in [1.29, 1.82) is 0 Å². The molecule has 0 unspecified atom stereocenters. The maximum Gasteiger partial charge on any atom is 0.270 e. The summed E-state index contributed by atoms with van der Waals surface area (Å²) in [4.78, 5) is 17.4. The Morgan fingerprint density at radius 2 is 1.94 bits per heavy atom. The fourth-order valence-corrected chi connectivity index (χ4v) is 2.38. The number of hydrogen-bond donors (Lipinski definition) is 1. The minimum Gasteiger partial charge on any atom is -0.351 e. The number of benzene rings is 1. The van der Waals surface area contributed by atoms with Crippen LogP contribution in [0.3, 0.4) is 0 Å². The Balaban J connectivity index is 2.27. The maximum absolute atomic E-state index is 12.4. The molecule has 0 fully saturated rings. The number of H-pyrrole nitrogens is 1. The first-order valence-electron chi connectivity index (χ1n) is 6.52. The molecule has 3 heteroatoms. The van der Waals surface area contributed by atoms with Crippen molar-refractivity contribution >= 4 is 16.8 Å². The molecular weight excluding hydrogens is 224 g/mol. The Morgan fingerprint density at radius 3 is 2.56 bits per heavy atom. The number of carbonyl (C=O) groups is 1. The molecule has 1 heterocycles. The third kappa shape index (κ3) is 2.26. The van der Waals surface area contributed by atoms with Crippen molar-refractivity contribution < 1.29 is 4.79 Å². The van der Waals surface area contributed by atoms with Gasteiger partial charge in [0, 0.05) is 24.0 Å². The van der Waals surface area contributed by atoms with Gasteiger partial charge in [-0.3, -0.25) is 4.79 Å². The van der Waals surface area contributed by atoms with Gasteiger partial charge >= 0.3 is 0 Å². The fraction of sp³-hybridized carbons (Fsp3) is 0.400. The van der Waals surface area contributed by atoms with Gasteiger partial charge in [-0.1, -0.05) is 32.0 Å². The van der Waals surface area contributed by atoms with E-state index in [-0.39, 0.29) is 5.91 Å². The second-order valence-electron chi connectivity index (χ2n) is 4.66. The van der Waals surface area contributed by atoms with Crippen LogP contribution in [0, 0.1) is 0 Å². The number of aromatic nitrogens is 1. The van der Waals surface area contributed by atoms with E-state index in [1.165, 1.54) is 0 Å². The van der Waals surface area contributed by atoms with E-state index in [0.717, 1.165) is 23.7 Å². The average Bonchev–Trinajstić information content (AvgIpc) is 2.82. The SMILES string of the molecule is CCC(CC)N(C)C(=O)c1cc2ccccc2[nH]1. The van der Waals surface area contributed by atoms with Crippen LogP contribution in [0.5, 0.6) is 0 Å². The molecule has 3 nitrogen and oxygen atoms in total. The van der Waals surface area contributed by atoms with Crippen LogP contribution in [0.2, 0.25) is 0 Å². The molecule has 0 saturated heterocycles. The molecule has 0 aliphatic carbocycles. The Kier molecular flexibility index (Phi) is 3.70. The number of nitrogens with one attached hydrogen (secondary N) is 1. The van der Waals surface area contributed by atoms with Crippen LogP contribution in [0.25, 0.3) is 10.9 Å². The quantitative estimate of drug-likeness (QED) is 0.878. The van der Waals surface area contributed by atoms with Crippen LogP contribution in [0.4, 0.5) is 0 Å². The summed E-state index contributed by atoms with van der Waals surface area (Å²) in [5.41, 5.74) is 1.68. The molecule has 1 N–H and O–H groups in total. The summed E-state index contributed by atoms with van der Waals surface area (Å²) in [6.45, 7) is 4.23. The van der Waals surface area contributed by atoms with Gasteiger partial charge in [0.2, 0.25) is 0 Å². The van der Waals surface area contributed by atoms with E-state index in [1.807, 2.05) is 42.3 Å². The normalized spacial score (nSPS) is 11.1. The predicted molar refractivity (Wildman–Crippen MR) is 74.8 cm³/mol. The van der Waals surface area contributed by atoms with E-state index in [0.29, 0.717) is 11.7 Å². The van der Waals surface area contributed by atoms with Crippen LogP contribution < -0.4 is 0 Å². The Bertz CT molecular complexity index is 507. The van der Waals surface area contributed by atoms with E-state index in [1.54, 1.807) is 0 Å². The summed E-state index contributed by atoms with van der Waals surface area (Å²) < 4.78 is 0. The molecule has 0 aliphatic rings. The first-order chi connectivity index (χ1) is 8.67. The van der Waals surface area contributed by atoms with Crippen molar-refractivity contribution in [2.24, 2.45) is 0 Å². The summed E-state index contributed by atoms with van der Waals surface area (Å²) >= 11 is 0. The van der Waals surface area contributed by atoms with Crippen LogP contribution in [-0.4, -0.2) is 28.9 Å².